The molecule has 2 radical (unpaired) electrons. The maximum absolute atomic E-state index is 10.1. The number of hydrogen-bond acceptors (Lipinski definition) is 1. The molecule has 11 heavy (non-hydrogen) atoms. The van der Waals surface area contributed by atoms with E-state index in [4.69, 9.17) is 7.85 Å². The summed E-state index contributed by atoms with van der Waals surface area (Å²) in [5.74, 6) is 0. The number of hydrogen-bond donors (Lipinski definition) is 0. The second kappa shape index (κ2) is 5.72. The van der Waals surface area contributed by atoms with Crippen LogP contribution in [-0.4, -0.2) is 14.1 Å². The van der Waals surface area contributed by atoms with Crippen LogP contribution < -0.4 is 5.46 Å². The van der Waals surface area contributed by atoms with Gasteiger partial charge < -0.3 is 0 Å². The summed E-state index contributed by atoms with van der Waals surface area (Å²) in [7, 11) is 5.37. The van der Waals surface area contributed by atoms with Crippen molar-refractivity contribution in [2.24, 2.45) is 0 Å². The Labute approximate surface area is 68.8 Å². The van der Waals surface area contributed by atoms with E-state index in [1.54, 1.807) is 24.3 Å². The lowest BCUT2D eigenvalue weighted by atomic mass is 9.96. The average molecular weight is 146 g/mol. The van der Waals surface area contributed by atoms with Gasteiger partial charge >= 0.3 is 0 Å². The highest BCUT2D eigenvalue weighted by Crippen LogP contribution is 1.89. The molecule has 0 spiro atoms. The van der Waals surface area contributed by atoms with E-state index >= 15 is 0 Å². The Morgan fingerprint density at radius 2 is 1.64 bits per heavy atom. The molecule has 56 valence electrons. The van der Waals surface area contributed by atoms with E-state index in [0.717, 1.165) is 6.29 Å². The van der Waals surface area contributed by atoms with Crippen molar-refractivity contribution in [2.75, 3.05) is 0 Å². The molecule has 0 unspecified atom stereocenters. The third kappa shape index (κ3) is 3.61. The Bertz CT molecular complexity index is 203. The molecule has 0 saturated carbocycles. The van der Waals surface area contributed by atoms with Crippen LogP contribution in [0.5, 0.6) is 0 Å². The summed E-state index contributed by atoms with van der Waals surface area (Å²) in [5.41, 5.74) is 1.34. The molecule has 0 heterocycles. The predicted molar refractivity (Wildman–Crippen MR) is 48.6 cm³/mol. The van der Waals surface area contributed by atoms with Gasteiger partial charge in [0, 0.05) is 5.56 Å². The van der Waals surface area contributed by atoms with Crippen molar-refractivity contribution in [3.8, 4) is 0 Å². The normalized spacial score (nSPS) is 7.82. The van der Waals surface area contributed by atoms with E-state index in [9.17, 15) is 4.79 Å². The Kier molecular flexibility index (Phi) is 5.17. The van der Waals surface area contributed by atoms with Gasteiger partial charge in [-0.1, -0.05) is 43.6 Å². The molecule has 1 rings (SSSR count). The topological polar surface area (TPSA) is 17.1 Å². The number of carbonyl (C=O) groups excluding carboxylic acids is 1. The molecule has 1 nitrogen and oxygen atoms in total. The Hall–Kier alpha value is -1.05. The molecule has 1 aromatic carbocycles. The molecule has 0 aliphatic heterocycles. The van der Waals surface area contributed by atoms with Gasteiger partial charge in [0.15, 0.2) is 0 Å². The lowest BCUT2D eigenvalue weighted by Gasteiger charge is -1.89. The van der Waals surface area contributed by atoms with E-state index in [0.29, 0.717) is 11.0 Å². The zero-order chi connectivity index (χ0) is 8.69. The Balaban J connectivity index is 0.000000461. The van der Waals surface area contributed by atoms with Gasteiger partial charge in [-0.25, -0.2) is 0 Å². The summed E-state index contributed by atoms with van der Waals surface area (Å²) >= 11 is 0. The van der Waals surface area contributed by atoms with Crippen LogP contribution in [0, 0.1) is 0 Å². The minimum absolute atomic E-state index is 0.657. The number of aldehydes is 1. The second-order valence-electron chi connectivity index (χ2n) is 1.78. The molecule has 0 saturated heterocycles. The zero-order valence-corrected chi connectivity index (χ0v) is 6.87. The van der Waals surface area contributed by atoms with Crippen molar-refractivity contribution in [2.45, 2.75) is 13.8 Å². The molecule has 0 aliphatic carbocycles. The van der Waals surface area contributed by atoms with E-state index in [2.05, 4.69) is 0 Å². The SMILES string of the molecule is CC.[B]c1ccc(C=O)cc1. The van der Waals surface area contributed by atoms with Gasteiger partial charge in [0.2, 0.25) is 0 Å². The molecule has 2 heteroatoms. The first-order chi connectivity index (χ1) is 5.33. The van der Waals surface area contributed by atoms with Gasteiger partial charge in [0.1, 0.15) is 14.1 Å². The summed E-state index contributed by atoms with van der Waals surface area (Å²) < 4.78 is 0. The van der Waals surface area contributed by atoms with Crippen LogP contribution in [0.15, 0.2) is 24.3 Å². The molecule has 0 amide bonds. The predicted octanol–water partition coefficient (Wildman–Crippen LogP) is 1.32. The van der Waals surface area contributed by atoms with Crippen LogP contribution in [0.2, 0.25) is 0 Å². The molecule has 0 N–H and O–H groups in total. The first-order valence-corrected chi connectivity index (χ1v) is 3.63. The molecule has 0 atom stereocenters. The summed E-state index contributed by atoms with van der Waals surface area (Å²) in [6, 6.07) is 6.76. The van der Waals surface area contributed by atoms with Gasteiger partial charge in [0.05, 0.1) is 0 Å². The van der Waals surface area contributed by atoms with Crippen LogP contribution in [0.25, 0.3) is 0 Å². The third-order valence-electron chi connectivity index (χ3n) is 1.07. The fourth-order valence-electron chi connectivity index (χ4n) is 0.575. The summed E-state index contributed by atoms with van der Waals surface area (Å²) in [5, 5.41) is 0. The van der Waals surface area contributed by atoms with Gasteiger partial charge in [-0.2, -0.15) is 0 Å². The highest BCUT2D eigenvalue weighted by molar-refractivity contribution is 6.32. The average Bonchev–Trinajstić information content (AvgIpc) is 2.10. The van der Waals surface area contributed by atoms with E-state index in [1.165, 1.54) is 0 Å². The van der Waals surface area contributed by atoms with Crippen LogP contribution in [0.3, 0.4) is 0 Å². The fraction of sp³-hybridized carbons (Fsp3) is 0.222. The van der Waals surface area contributed by atoms with Gasteiger partial charge in [-0.05, 0) is 0 Å². The zero-order valence-electron chi connectivity index (χ0n) is 6.87. The smallest absolute Gasteiger partial charge is 0.150 e. The molecule has 0 bridgehead atoms. The van der Waals surface area contributed by atoms with Crippen molar-refractivity contribution in [3.63, 3.8) is 0 Å². The van der Waals surface area contributed by atoms with Crippen molar-refractivity contribution in [1.29, 1.82) is 0 Å². The number of rotatable bonds is 1. The van der Waals surface area contributed by atoms with Crippen molar-refractivity contribution >= 4 is 19.6 Å². The fourth-order valence-corrected chi connectivity index (χ4v) is 0.575. The van der Waals surface area contributed by atoms with Gasteiger partial charge in [-0.15, -0.1) is 0 Å². The molecular weight excluding hydrogens is 135 g/mol. The molecule has 0 aliphatic rings. The van der Waals surface area contributed by atoms with Crippen LogP contribution in [0.4, 0.5) is 0 Å². The minimum Gasteiger partial charge on any atom is -0.298 e. The van der Waals surface area contributed by atoms with E-state index < -0.39 is 0 Å². The van der Waals surface area contributed by atoms with Gasteiger partial charge in [0.25, 0.3) is 0 Å². The maximum atomic E-state index is 10.1. The first kappa shape index (κ1) is 9.95. The maximum Gasteiger partial charge on any atom is 0.150 e. The van der Waals surface area contributed by atoms with E-state index in [1.807, 2.05) is 13.8 Å². The minimum atomic E-state index is 0.657. The molecular formula is C9H11BO. The molecule has 0 aromatic heterocycles. The van der Waals surface area contributed by atoms with Gasteiger partial charge in [-0.3, -0.25) is 4.79 Å². The highest BCUT2D eigenvalue weighted by Gasteiger charge is 1.84. The third-order valence-corrected chi connectivity index (χ3v) is 1.07. The van der Waals surface area contributed by atoms with Crippen molar-refractivity contribution in [1.82, 2.24) is 0 Å². The second-order valence-corrected chi connectivity index (χ2v) is 1.78. The number of carbonyl (C=O) groups is 1. The number of benzene rings is 1. The Morgan fingerprint density at radius 1 is 1.18 bits per heavy atom. The summed E-state index contributed by atoms with van der Waals surface area (Å²) in [4.78, 5) is 10.1. The van der Waals surface area contributed by atoms with Crippen molar-refractivity contribution in [3.05, 3.63) is 29.8 Å². The van der Waals surface area contributed by atoms with Crippen LogP contribution in [0.1, 0.15) is 24.2 Å². The van der Waals surface area contributed by atoms with Crippen LogP contribution in [-0.2, 0) is 0 Å². The molecule has 0 fully saturated rings. The summed E-state index contributed by atoms with van der Waals surface area (Å²) in [6.45, 7) is 4.00. The summed E-state index contributed by atoms with van der Waals surface area (Å²) in [6.07, 6.45) is 0.791. The Morgan fingerprint density at radius 3 is 2.00 bits per heavy atom. The van der Waals surface area contributed by atoms with Crippen LogP contribution >= 0.6 is 0 Å². The first-order valence-electron chi connectivity index (χ1n) is 3.63. The largest absolute Gasteiger partial charge is 0.298 e. The van der Waals surface area contributed by atoms with Crippen molar-refractivity contribution < 1.29 is 4.79 Å². The quantitative estimate of drug-likeness (QED) is 0.431. The lowest BCUT2D eigenvalue weighted by Crippen LogP contribution is -1.99. The highest BCUT2D eigenvalue weighted by atomic mass is 16.1. The molecule has 1 aromatic rings. The lowest BCUT2D eigenvalue weighted by molar-refractivity contribution is 0.112. The standard InChI is InChI=1S/C7H5BO.C2H6/c8-7-3-1-6(5-9)2-4-7;1-2/h1-5H;1-2H3. The monoisotopic (exact) mass is 146 g/mol. The van der Waals surface area contributed by atoms with E-state index in [-0.39, 0.29) is 0 Å².